The van der Waals surface area contributed by atoms with Gasteiger partial charge in [0.1, 0.15) is 0 Å². The summed E-state index contributed by atoms with van der Waals surface area (Å²) in [6.07, 6.45) is 2.72. The van der Waals surface area contributed by atoms with Crippen LogP contribution in [0, 0.1) is 19.8 Å². The number of carbonyl (C=O) groups is 1. The van der Waals surface area contributed by atoms with Gasteiger partial charge in [0.05, 0.1) is 5.69 Å². The number of halogens is 1. The van der Waals surface area contributed by atoms with Crippen LogP contribution < -0.4 is 5.32 Å². The summed E-state index contributed by atoms with van der Waals surface area (Å²) < 4.78 is 2.88. The molecule has 0 spiro atoms. The molecule has 1 fully saturated rings. The van der Waals surface area contributed by atoms with Crippen molar-refractivity contribution in [1.82, 2.24) is 20.1 Å². The van der Waals surface area contributed by atoms with Crippen LogP contribution in [0.5, 0.6) is 0 Å². The minimum absolute atomic E-state index is 0.0770. The van der Waals surface area contributed by atoms with Crippen molar-refractivity contribution in [2.24, 2.45) is 5.92 Å². The zero-order chi connectivity index (χ0) is 19.0. The van der Waals surface area contributed by atoms with E-state index in [4.69, 9.17) is 0 Å². The van der Waals surface area contributed by atoms with Crippen LogP contribution in [0.15, 0.2) is 53.1 Å². The molecule has 2 aromatic heterocycles. The molecule has 3 aromatic rings. The highest BCUT2D eigenvalue weighted by molar-refractivity contribution is 9.10. The van der Waals surface area contributed by atoms with Crippen molar-refractivity contribution in [3.05, 3.63) is 75.6 Å². The van der Waals surface area contributed by atoms with Crippen LogP contribution >= 0.6 is 15.9 Å². The predicted molar refractivity (Wildman–Crippen MR) is 108 cm³/mol. The molecule has 1 aliphatic rings. The fraction of sp³-hybridized carbons (Fsp3) is 0.286. The molecule has 0 bridgehead atoms. The van der Waals surface area contributed by atoms with Crippen LogP contribution in [0.2, 0.25) is 0 Å². The number of carbonyl (C=O) groups excluding carboxylic acids is 1. The zero-order valence-corrected chi connectivity index (χ0v) is 16.9. The van der Waals surface area contributed by atoms with Crippen LogP contribution in [-0.2, 0) is 11.3 Å². The molecule has 1 amide bonds. The van der Waals surface area contributed by atoms with Crippen LogP contribution in [-0.4, -0.2) is 20.7 Å². The number of hydrogen-bond donors (Lipinski definition) is 1. The number of rotatable bonds is 5. The van der Waals surface area contributed by atoms with Gasteiger partial charge in [0.2, 0.25) is 5.91 Å². The average Bonchev–Trinajstić information content (AvgIpc) is 3.39. The molecule has 4 rings (SSSR count). The highest BCUT2D eigenvalue weighted by Crippen LogP contribution is 2.47. The third-order valence-electron chi connectivity index (χ3n) is 4.93. The highest BCUT2D eigenvalue weighted by atomic mass is 79.9. The lowest BCUT2D eigenvalue weighted by Crippen LogP contribution is -2.25. The van der Waals surface area contributed by atoms with Crippen molar-refractivity contribution in [3.8, 4) is 5.82 Å². The van der Waals surface area contributed by atoms with Gasteiger partial charge in [-0.25, -0.2) is 9.67 Å². The maximum absolute atomic E-state index is 12.4. The van der Waals surface area contributed by atoms with Crippen molar-refractivity contribution in [2.45, 2.75) is 32.7 Å². The van der Waals surface area contributed by atoms with Gasteiger partial charge in [-0.3, -0.25) is 4.79 Å². The Labute approximate surface area is 167 Å². The van der Waals surface area contributed by atoms with Crippen LogP contribution in [0.3, 0.4) is 0 Å². The van der Waals surface area contributed by atoms with E-state index in [1.54, 1.807) is 6.20 Å². The van der Waals surface area contributed by atoms with Gasteiger partial charge in [0, 0.05) is 28.8 Å². The van der Waals surface area contributed by atoms with Gasteiger partial charge >= 0.3 is 0 Å². The molecule has 138 valence electrons. The SMILES string of the molecule is Cc1cc(C)n(-c2ccc(CNC(=O)C3CC3c3ccc(Br)cc3)cn2)n1. The van der Waals surface area contributed by atoms with Crippen molar-refractivity contribution >= 4 is 21.8 Å². The Bertz CT molecular complexity index is 963. The van der Waals surface area contributed by atoms with Crippen molar-refractivity contribution in [2.75, 3.05) is 0 Å². The number of nitrogens with one attached hydrogen (secondary N) is 1. The van der Waals surface area contributed by atoms with Gasteiger partial charge in [0.15, 0.2) is 5.82 Å². The number of nitrogens with zero attached hydrogens (tertiary/aromatic N) is 3. The summed E-state index contributed by atoms with van der Waals surface area (Å²) in [5, 5.41) is 7.48. The molecule has 0 aliphatic heterocycles. The topological polar surface area (TPSA) is 59.8 Å². The Morgan fingerprint density at radius 1 is 1.22 bits per heavy atom. The molecule has 5 nitrogen and oxygen atoms in total. The quantitative estimate of drug-likeness (QED) is 0.671. The van der Waals surface area contributed by atoms with E-state index in [-0.39, 0.29) is 11.8 Å². The first-order valence-electron chi connectivity index (χ1n) is 9.03. The summed E-state index contributed by atoms with van der Waals surface area (Å²) in [6.45, 7) is 4.47. The number of hydrogen-bond acceptors (Lipinski definition) is 3. The first-order chi connectivity index (χ1) is 13.0. The minimum atomic E-state index is 0.0770. The molecule has 1 aromatic carbocycles. The maximum atomic E-state index is 12.4. The second-order valence-electron chi connectivity index (χ2n) is 7.08. The summed E-state index contributed by atoms with van der Waals surface area (Å²) in [4.78, 5) is 16.9. The van der Waals surface area contributed by atoms with E-state index in [1.807, 2.05) is 48.9 Å². The normalized spacial score (nSPS) is 18.3. The Morgan fingerprint density at radius 2 is 2.00 bits per heavy atom. The Balaban J connectivity index is 1.33. The zero-order valence-electron chi connectivity index (χ0n) is 15.3. The predicted octanol–water partition coefficient (Wildman–Crippen LogP) is 4.07. The molecule has 0 saturated heterocycles. The highest BCUT2D eigenvalue weighted by Gasteiger charge is 2.43. The fourth-order valence-electron chi connectivity index (χ4n) is 3.39. The molecule has 1 saturated carbocycles. The van der Waals surface area contributed by atoms with Gasteiger partial charge < -0.3 is 5.32 Å². The number of aromatic nitrogens is 3. The van der Waals surface area contributed by atoms with Crippen LogP contribution in [0.4, 0.5) is 0 Å². The summed E-state index contributed by atoms with van der Waals surface area (Å²) in [6, 6.07) is 14.2. The molecule has 6 heteroatoms. The Kier molecular flexibility index (Phi) is 4.83. The van der Waals surface area contributed by atoms with Crippen LogP contribution in [0.1, 0.15) is 34.9 Å². The van der Waals surface area contributed by atoms with E-state index in [9.17, 15) is 4.79 Å². The largest absolute Gasteiger partial charge is 0.352 e. The average molecular weight is 425 g/mol. The van der Waals surface area contributed by atoms with E-state index in [0.717, 1.165) is 33.7 Å². The van der Waals surface area contributed by atoms with Crippen molar-refractivity contribution in [1.29, 1.82) is 0 Å². The lowest BCUT2D eigenvalue weighted by molar-refractivity contribution is -0.122. The molecule has 2 unspecified atom stereocenters. The first-order valence-corrected chi connectivity index (χ1v) is 9.82. The van der Waals surface area contributed by atoms with E-state index in [2.05, 4.69) is 43.5 Å². The number of pyridine rings is 1. The van der Waals surface area contributed by atoms with E-state index < -0.39 is 0 Å². The first kappa shape index (κ1) is 17.9. The Morgan fingerprint density at radius 3 is 2.63 bits per heavy atom. The summed E-state index contributed by atoms with van der Waals surface area (Å²) in [7, 11) is 0. The molecule has 2 atom stereocenters. The molecule has 27 heavy (non-hydrogen) atoms. The standard InChI is InChI=1S/C21H21BrN4O/c1-13-9-14(2)26(25-13)20-8-3-15(11-23-20)12-24-21(27)19-10-18(19)16-4-6-17(22)7-5-16/h3-9,11,18-19H,10,12H2,1-2H3,(H,24,27). The van der Waals surface area contributed by atoms with Crippen molar-refractivity contribution < 1.29 is 4.79 Å². The number of amides is 1. The lowest BCUT2D eigenvalue weighted by atomic mass is 10.1. The fourth-order valence-corrected chi connectivity index (χ4v) is 3.66. The smallest absolute Gasteiger partial charge is 0.224 e. The van der Waals surface area contributed by atoms with E-state index in [1.165, 1.54) is 5.56 Å². The maximum Gasteiger partial charge on any atom is 0.224 e. The third-order valence-corrected chi connectivity index (χ3v) is 5.46. The number of benzene rings is 1. The summed E-state index contributed by atoms with van der Waals surface area (Å²) in [5.74, 6) is 1.32. The molecule has 1 N–H and O–H groups in total. The van der Waals surface area contributed by atoms with E-state index in [0.29, 0.717) is 12.5 Å². The monoisotopic (exact) mass is 424 g/mol. The third kappa shape index (κ3) is 3.95. The van der Waals surface area contributed by atoms with Gasteiger partial charge in [0.25, 0.3) is 0 Å². The van der Waals surface area contributed by atoms with Crippen LogP contribution in [0.25, 0.3) is 5.82 Å². The van der Waals surface area contributed by atoms with Crippen molar-refractivity contribution in [3.63, 3.8) is 0 Å². The second-order valence-corrected chi connectivity index (χ2v) is 8.00. The van der Waals surface area contributed by atoms with E-state index >= 15 is 0 Å². The molecule has 1 aliphatic carbocycles. The molecular formula is C21H21BrN4O. The molecule has 2 heterocycles. The van der Waals surface area contributed by atoms with Gasteiger partial charge in [-0.05, 0) is 61.6 Å². The second kappa shape index (κ2) is 7.27. The summed E-state index contributed by atoms with van der Waals surface area (Å²) >= 11 is 3.44. The van der Waals surface area contributed by atoms with Gasteiger partial charge in [-0.1, -0.05) is 34.1 Å². The molecule has 0 radical (unpaired) electrons. The summed E-state index contributed by atoms with van der Waals surface area (Å²) in [5.41, 5.74) is 4.23. The molecular weight excluding hydrogens is 404 g/mol. The van der Waals surface area contributed by atoms with Gasteiger partial charge in [-0.15, -0.1) is 0 Å². The minimum Gasteiger partial charge on any atom is -0.352 e. The lowest BCUT2D eigenvalue weighted by Gasteiger charge is -2.07. The number of aryl methyl sites for hydroxylation is 2. The van der Waals surface area contributed by atoms with Gasteiger partial charge in [-0.2, -0.15) is 5.10 Å². The Hall–Kier alpha value is -2.47.